The fourth-order valence-corrected chi connectivity index (χ4v) is 1.74. The molecule has 1 atom stereocenters. The molecule has 0 aliphatic rings. The Morgan fingerprint density at radius 3 is 2.88 bits per heavy atom. The van der Waals surface area contributed by atoms with E-state index < -0.39 is 6.58 Å². The molecule has 3 nitrogen and oxygen atoms in total. The summed E-state index contributed by atoms with van der Waals surface area (Å²) in [7, 11) is 0. The van der Waals surface area contributed by atoms with Gasteiger partial charge in [0, 0.05) is 6.20 Å². The molecule has 84 valence electrons. The fourth-order valence-electron chi connectivity index (χ4n) is 1.30. The van der Waals surface area contributed by atoms with E-state index in [4.69, 9.17) is 6.11 Å². The van der Waals surface area contributed by atoms with E-state index in [9.17, 15) is 0 Å². The quantitative estimate of drug-likeness (QED) is 0.789. The molecule has 4 heteroatoms. The number of hydrogen-bond acceptors (Lipinski definition) is 2. The Labute approximate surface area is 110 Å². The van der Waals surface area contributed by atoms with E-state index >= 15 is 0 Å². The predicted molar refractivity (Wildman–Crippen MR) is 71.0 cm³/mol. The largest absolute Gasteiger partial charge is 0.375 e. The van der Waals surface area contributed by atoms with Crippen LogP contribution in [0.25, 0.3) is 0 Å². The van der Waals surface area contributed by atoms with Crippen LogP contribution in [0.1, 0.15) is 6.93 Å². The molecule has 0 fully saturated rings. The summed E-state index contributed by atoms with van der Waals surface area (Å²) in [6.07, 6.45) is 3.67. The summed E-state index contributed by atoms with van der Waals surface area (Å²) in [6, 6.07) is 9.88. The van der Waals surface area contributed by atoms with Crippen molar-refractivity contribution < 1.29 is 6.11 Å². The van der Waals surface area contributed by atoms with Crippen LogP contribution in [0.2, 0.25) is 0 Å². The van der Waals surface area contributed by atoms with Crippen molar-refractivity contribution in [2.75, 3.05) is 6.58 Å². The topological polar surface area (TPSA) is 27.1 Å². The van der Waals surface area contributed by atoms with Gasteiger partial charge >= 0.3 is 0 Å². The van der Waals surface area contributed by atoms with Crippen LogP contribution in [0.3, 0.4) is 0 Å². The van der Waals surface area contributed by atoms with Crippen molar-refractivity contribution in [2.45, 2.75) is 13.2 Å². The van der Waals surface area contributed by atoms with Crippen LogP contribution < -0.4 is 0 Å². The number of aryl methyl sites for hydroxylation is 1. The molecule has 1 unspecified atom stereocenters. The smallest absolute Gasteiger partial charge is 0.0717 e. The third-order valence-corrected chi connectivity index (χ3v) is 2.63. The Balaban J connectivity index is 1.80. The van der Waals surface area contributed by atoms with Gasteiger partial charge in [-0.15, -0.1) is 0 Å². The lowest BCUT2D eigenvalue weighted by Crippen LogP contribution is -2.06. The Kier molecular flexibility index (Phi) is 3.86. The van der Waals surface area contributed by atoms with Crippen molar-refractivity contribution in [2.24, 2.45) is 0 Å². The number of aromatic nitrogens is 2. The standard InChI is InChI=1S/C12H13IN2O/c13-12-8-14-15(9-12)6-7-16-10-11-4-2-1-3-5-11/h1-5,8-9H,6-7,10H2/i7D. The lowest BCUT2D eigenvalue weighted by Gasteiger charge is -2.04. The highest BCUT2D eigenvalue weighted by Crippen LogP contribution is 2.02. The molecule has 0 saturated carbocycles. The first kappa shape index (κ1) is 10.3. The average molecular weight is 329 g/mol. The second-order valence-corrected chi connectivity index (χ2v) is 4.59. The second kappa shape index (κ2) is 6.00. The van der Waals surface area contributed by atoms with Crippen LogP contribution in [0, 0.1) is 3.57 Å². The number of nitrogens with zero attached hydrogens (tertiary/aromatic N) is 2. The summed E-state index contributed by atoms with van der Waals surface area (Å²) in [5, 5.41) is 4.12. The Bertz CT molecular complexity index is 461. The van der Waals surface area contributed by atoms with Gasteiger partial charge in [-0.2, -0.15) is 5.10 Å². The van der Waals surface area contributed by atoms with Crippen LogP contribution in [-0.2, 0) is 17.9 Å². The van der Waals surface area contributed by atoms with Crippen LogP contribution in [0.5, 0.6) is 0 Å². The summed E-state index contributed by atoms with van der Waals surface area (Å²) in [5.74, 6) is 0. The van der Waals surface area contributed by atoms with Crippen molar-refractivity contribution in [1.29, 1.82) is 0 Å². The van der Waals surface area contributed by atoms with Crippen molar-refractivity contribution in [3.05, 3.63) is 51.9 Å². The van der Waals surface area contributed by atoms with Crippen LogP contribution in [0.15, 0.2) is 42.7 Å². The van der Waals surface area contributed by atoms with Gasteiger partial charge in [-0.25, -0.2) is 0 Å². The van der Waals surface area contributed by atoms with Gasteiger partial charge in [-0.3, -0.25) is 4.68 Å². The molecule has 1 aromatic carbocycles. The van der Waals surface area contributed by atoms with E-state index in [0.717, 1.165) is 9.13 Å². The van der Waals surface area contributed by atoms with Crippen LogP contribution >= 0.6 is 22.6 Å². The van der Waals surface area contributed by atoms with E-state index in [1.165, 1.54) is 0 Å². The van der Waals surface area contributed by atoms with Crippen molar-refractivity contribution in [3.8, 4) is 0 Å². The van der Waals surface area contributed by atoms with Gasteiger partial charge in [0.05, 0.1) is 30.9 Å². The summed E-state index contributed by atoms with van der Waals surface area (Å²) in [6.45, 7) is 0.328. The van der Waals surface area contributed by atoms with Gasteiger partial charge in [0.15, 0.2) is 0 Å². The first-order valence-corrected chi connectivity index (χ1v) is 6.07. The highest BCUT2D eigenvalue weighted by atomic mass is 127. The van der Waals surface area contributed by atoms with Crippen molar-refractivity contribution in [3.63, 3.8) is 0 Å². The van der Waals surface area contributed by atoms with E-state index in [2.05, 4.69) is 27.7 Å². The Morgan fingerprint density at radius 1 is 1.38 bits per heavy atom. The molecule has 0 N–H and O–H groups in total. The first-order valence-electron chi connectivity index (χ1n) is 5.57. The average Bonchev–Trinajstić information content (AvgIpc) is 2.73. The molecule has 0 radical (unpaired) electrons. The predicted octanol–water partition coefficient (Wildman–Crippen LogP) is 2.70. The van der Waals surface area contributed by atoms with Crippen LogP contribution in [0.4, 0.5) is 0 Å². The molecule has 0 saturated heterocycles. The molecule has 16 heavy (non-hydrogen) atoms. The zero-order chi connectivity index (χ0) is 12.1. The zero-order valence-electron chi connectivity index (χ0n) is 9.71. The van der Waals surface area contributed by atoms with E-state index in [-0.39, 0.29) is 0 Å². The second-order valence-electron chi connectivity index (χ2n) is 3.34. The summed E-state index contributed by atoms with van der Waals surface area (Å²) in [5.41, 5.74) is 1.08. The molecule has 1 heterocycles. The maximum absolute atomic E-state index is 7.78. The van der Waals surface area contributed by atoms with E-state index in [1.807, 2.05) is 36.5 Å². The third-order valence-electron chi connectivity index (χ3n) is 2.07. The number of ether oxygens (including phenoxy) is 1. The monoisotopic (exact) mass is 329 g/mol. The fraction of sp³-hybridized carbons (Fsp3) is 0.250. The van der Waals surface area contributed by atoms with E-state index in [1.54, 1.807) is 10.9 Å². The highest BCUT2D eigenvalue weighted by Gasteiger charge is 1.95. The molecule has 1 aromatic heterocycles. The number of benzene rings is 1. The molecule has 2 rings (SSSR count). The van der Waals surface area contributed by atoms with Gasteiger partial charge in [-0.05, 0) is 28.2 Å². The summed E-state index contributed by atoms with van der Waals surface area (Å²) >= 11 is 2.19. The molecule has 0 spiro atoms. The molecule has 2 aromatic rings. The maximum atomic E-state index is 7.78. The molecule has 0 bridgehead atoms. The van der Waals surface area contributed by atoms with Gasteiger partial charge in [0.25, 0.3) is 0 Å². The normalized spacial score (nSPS) is 13.4. The molecule has 0 amide bonds. The minimum absolute atomic E-state index is 0.454. The number of halogens is 1. The molecular formula is C12H13IN2O. The maximum Gasteiger partial charge on any atom is 0.0717 e. The summed E-state index contributed by atoms with van der Waals surface area (Å²) < 4.78 is 16.0. The van der Waals surface area contributed by atoms with Gasteiger partial charge < -0.3 is 4.74 Å². The molecule has 0 aliphatic carbocycles. The zero-order valence-corrected chi connectivity index (χ0v) is 10.9. The van der Waals surface area contributed by atoms with Crippen molar-refractivity contribution in [1.82, 2.24) is 9.78 Å². The number of hydrogen-bond donors (Lipinski definition) is 0. The summed E-state index contributed by atoms with van der Waals surface area (Å²) in [4.78, 5) is 0. The van der Waals surface area contributed by atoms with Crippen LogP contribution in [-0.4, -0.2) is 16.4 Å². The lowest BCUT2D eigenvalue weighted by molar-refractivity contribution is 0.111. The van der Waals surface area contributed by atoms with Gasteiger partial charge in [0.2, 0.25) is 0 Å². The number of rotatable bonds is 5. The highest BCUT2D eigenvalue weighted by molar-refractivity contribution is 14.1. The first-order chi connectivity index (χ1) is 8.24. The molecule has 0 aliphatic heterocycles. The Hall–Kier alpha value is -0.880. The van der Waals surface area contributed by atoms with E-state index in [0.29, 0.717) is 13.2 Å². The SMILES string of the molecule is [2H]C(Cn1cc(I)cn1)OCc1ccccc1. The van der Waals surface area contributed by atoms with Gasteiger partial charge in [0.1, 0.15) is 0 Å². The van der Waals surface area contributed by atoms with Gasteiger partial charge in [-0.1, -0.05) is 30.3 Å². The van der Waals surface area contributed by atoms with Crippen molar-refractivity contribution >= 4 is 22.6 Å². The molecular weight excluding hydrogens is 315 g/mol. The lowest BCUT2D eigenvalue weighted by atomic mass is 10.2. The third kappa shape index (κ3) is 3.61. The minimum atomic E-state index is -0.592. The minimum Gasteiger partial charge on any atom is -0.375 e. The Morgan fingerprint density at radius 2 is 2.19 bits per heavy atom.